The Morgan fingerprint density at radius 3 is 2.33 bits per heavy atom. The fourth-order valence-electron chi connectivity index (χ4n) is 2.40. The maximum absolute atomic E-state index is 12.4. The highest BCUT2D eigenvalue weighted by atomic mass is 16.5. The third-order valence-corrected chi connectivity index (χ3v) is 3.89. The van der Waals surface area contributed by atoms with E-state index in [1.807, 2.05) is 6.92 Å². The number of esters is 1. The third kappa shape index (κ3) is 5.37. The summed E-state index contributed by atoms with van der Waals surface area (Å²) in [5.74, 6) is -1.35. The quantitative estimate of drug-likeness (QED) is 0.547. The number of Topliss-reactive ketones (excluding diaryl/α,β-unsaturated/α-hetero) is 2. The van der Waals surface area contributed by atoms with Gasteiger partial charge in [0.2, 0.25) is 11.7 Å². The number of nitrogens with one attached hydrogen (secondary N) is 2. The number of carbonyl (C=O) groups excluding carboxylic acids is 4. The summed E-state index contributed by atoms with van der Waals surface area (Å²) >= 11 is 0. The van der Waals surface area contributed by atoms with Gasteiger partial charge in [-0.3, -0.25) is 14.4 Å². The first kappa shape index (κ1) is 20.1. The van der Waals surface area contributed by atoms with Crippen LogP contribution >= 0.6 is 0 Å². The summed E-state index contributed by atoms with van der Waals surface area (Å²) in [5.41, 5.74) is 1.42. The van der Waals surface area contributed by atoms with Crippen molar-refractivity contribution in [1.82, 2.24) is 4.98 Å². The van der Waals surface area contributed by atoms with Gasteiger partial charge >= 0.3 is 5.97 Å². The highest BCUT2D eigenvalue weighted by molar-refractivity contribution is 6.02. The van der Waals surface area contributed by atoms with Gasteiger partial charge in [-0.25, -0.2) is 4.79 Å². The Kier molecular flexibility index (Phi) is 6.65. The minimum atomic E-state index is -0.998. The van der Waals surface area contributed by atoms with Crippen molar-refractivity contribution in [2.45, 2.75) is 39.7 Å². The Morgan fingerprint density at radius 2 is 1.78 bits per heavy atom. The van der Waals surface area contributed by atoms with Gasteiger partial charge in [0.15, 0.2) is 11.9 Å². The minimum Gasteiger partial charge on any atom is -0.450 e. The van der Waals surface area contributed by atoms with E-state index in [2.05, 4.69) is 10.3 Å². The standard InChI is InChI=1S/C20H22N2O5/c1-4-5-18(24)22-16-8-6-14(7-9-16)19(25)13(3)27-20(26)17-10-15(11-21-17)12(2)23/h6-11,13,21H,4-5H2,1-3H3,(H,22,24). The molecular formula is C20H22N2O5. The number of aromatic nitrogens is 1. The second-order valence-corrected chi connectivity index (χ2v) is 6.15. The van der Waals surface area contributed by atoms with Crippen molar-refractivity contribution in [3.05, 3.63) is 53.3 Å². The summed E-state index contributed by atoms with van der Waals surface area (Å²) in [6, 6.07) is 7.77. The molecular weight excluding hydrogens is 348 g/mol. The van der Waals surface area contributed by atoms with Gasteiger partial charge < -0.3 is 15.0 Å². The number of hydrogen-bond donors (Lipinski definition) is 2. The van der Waals surface area contributed by atoms with E-state index in [0.29, 0.717) is 23.2 Å². The molecule has 0 bridgehead atoms. The minimum absolute atomic E-state index is 0.0882. The average Bonchev–Trinajstić information content (AvgIpc) is 3.12. The summed E-state index contributed by atoms with van der Waals surface area (Å²) in [6.45, 7) is 4.78. The average molecular weight is 370 g/mol. The van der Waals surface area contributed by atoms with E-state index in [0.717, 1.165) is 6.42 Å². The van der Waals surface area contributed by atoms with Crippen LogP contribution in [0.1, 0.15) is 64.8 Å². The van der Waals surface area contributed by atoms with E-state index < -0.39 is 12.1 Å². The molecule has 142 valence electrons. The predicted octanol–water partition coefficient (Wildman–Crippen LogP) is 3.38. The first-order valence-corrected chi connectivity index (χ1v) is 8.66. The van der Waals surface area contributed by atoms with E-state index in [-0.39, 0.29) is 23.2 Å². The Hall–Kier alpha value is -3.22. The molecule has 1 amide bonds. The van der Waals surface area contributed by atoms with Crippen LogP contribution in [0.3, 0.4) is 0 Å². The summed E-state index contributed by atoms with van der Waals surface area (Å²) in [7, 11) is 0. The van der Waals surface area contributed by atoms with E-state index in [1.165, 1.54) is 26.1 Å². The highest BCUT2D eigenvalue weighted by Gasteiger charge is 2.21. The number of rotatable bonds is 8. The van der Waals surface area contributed by atoms with Crippen molar-refractivity contribution >= 4 is 29.1 Å². The molecule has 0 aliphatic carbocycles. The van der Waals surface area contributed by atoms with Gasteiger partial charge in [0.05, 0.1) is 0 Å². The van der Waals surface area contributed by atoms with Crippen LogP contribution < -0.4 is 5.32 Å². The molecule has 0 spiro atoms. The SMILES string of the molecule is CCCC(=O)Nc1ccc(C(=O)C(C)OC(=O)c2cc(C(C)=O)c[nH]2)cc1. The second kappa shape index (κ2) is 8.93. The van der Waals surface area contributed by atoms with Crippen LogP contribution in [0.5, 0.6) is 0 Å². The molecule has 1 aromatic heterocycles. The number of H-pyrrole nitrogens is 1. The van der Waals surface area contributed by atoms with Crippen LogP contribution in [0.4, 0.5) is 5.69 Å². The van der Waals surface area contributed by atoms with E-state index in [9.17, 15) is 19.2 Å². The monoisotopic (exact) mass is 370 g/mol. The van der Waals surface area contributed by atoms with Crippen LogP contribution in [-0.4, -0.2) is 34.5 Å². The van der Waals surface area contributed by atoms with Crippen molar-refractivity contribution in [1.29, 1.82) is 0 Å². The zero-order valence-electron chi connectivity index (χ0n) is 15.5. The van der Waals surface area contributed by atoms with Gasteiger partial charge in [-0.2, -0.15) is 0 Å². The molecule has 1 heterocycles. The van der Waals surface area contributed by atoms with Crippen LogP contribution in [0.15, 0.2) is 36.5 Å². The lowest BCUT2D eigenvalue weighted by Gasteiger charge is -2.12. The predicted molar refractivity (Wildman–Crippen MR) is 100.0 cm³/mol. The van der Waals surface area contributed by atoms with E-state index in [4.69, 9.17) is 4.74 Å². The number of aromatic amines is 1. The van der Waals surface area contributed by atoms with Crippen molar-refractivity contribution in [3.8, 4) is 0 Å². The Balaban J connectivity index is 1.98. The lowest BCUT2D eigenvalue weighted by atomic mass is 10.1. The number of carbonyl (C=O) groups is 4. The summed E-state index contributed by atoms with van der Waals surface area (Å²) in [4.78, 5) is 50.0. The Labute approximate surface area is 157 Å². The Morgan fingerprint density at radius 1 is 1.11 bits per heavy atom. The molecule has 0 radical (unpaired) electrons. The van der Waals surface area contributed by atoms with Gasteiger partial charge in [-0.15, -0.1) is 0 Å². The number of ether oxygens (including phenoxy) is 1. The highest BCUT2D eigenvalue weighted by Crippen LogP contribution is 2.14. The summed E-state index contributed by atoms with van der Waals surface area (Å²) in [5, 5.41) is 2.74. The molecule has 2 rings (SSSR count). The maximum atomic E-state index is 12.4. The molecule has 1 aromatic carbocycles. The molecule has 2 N–H and O–H groups in total. The second-order valence-electron chi connectivity index (χ2n) is 6.15. The molecule has 0 aliphatic heterocycles. The summed E-state index contributed by atoms with van der Waals surface area (Å²) < 4.78 is 5.17. The topological polar surface area (TPSA) is 105 Å². The zero-order valence-corrected chi connectivity index (χ0v) is 15.5. The summed E-state index contributed by atoms with van der Waals surface area (Å²) in [6.07, 6.45) is 1.59. The molecule has 1 unspecified atom stereocenters. The van der Waals surface area contributed by atoms with Crippen LogP contribution in [-0.2, 0) is 9.53 Å². The fourth-order valence-corrected chi connectivity index (χ4v) is 2.40. The van der Waals surface area contributed by atoms with Gasteiger partial charge in [0, 0.05) is 29.4 Å². The molecule has 0 saturated carbocycles. The third-order valence-electron chi connectivity index (χ3n) is 3.89. The normalized spacial score (nSPS) is 11.5. The molecule has 7 heteroatoms. The van der Waals surface area contributed by atoms with Gasteiger partial charge in [-0.05, 0) is 50.6 Å². The molecule has 7 nitrogen and oxygen atoms in total. The van der Waals surface area contributed by atoms with E-state index >= 15 is 0 Å². The van der Waals surface area contributed by atoms with E-state index in [1.54, 1.807) is 24.3 Å². The van der Waals surface area contributed by atoms with Crippen LogP contribution in [0, 0.1) is 0 Å². The van der Waals surface area contributed by atoms with Crippen LogP contribution in [0.2, 0.25) is 0 Å². The lowest BCUT2D eigenvalue weighted by Crippen LogP contribution is -2.24. The first-order chi connectivity index (χ1) is 12.8. The van der Waals surface area contributed by atoms with Crippen LogP contribution in [0.25, 0.3) is 0 Å². The molecule has 2 aromatic rings. The number of anilines is 1. The number of amides is 1. The number of ketones is 2. The lowest BCUT2D eigenvalue weighted by molar-refractivity contribution is -0.116. The van der Waals surface area contributed by atoms with Gasteiger partial charge in [0.25, 0.3) is 0 Å². The zero-order chi connectivity index (χ0) is 20.0. The smallest absolute Gasteiger partial charge is 0.355 e. The number of benzene rings is 1. The first-order valence-electron chi connectivity index (χ1n) is 8.66. The Bertz CT molecular complexity index is 852. The van der Waals surface area contributed by atoms with Crippen molar-refractivity contribution in [2.24, 2.45) is 0 Å². The van der Waals surface area contributed by atoms with Gasteiger partial charge in [0.1, 0.15) is 5.69 Å². The maximum Gasteiger partial charge on any atom is 0.355 e. The van der Waals surface area contributed by atoms with Crippen molar-refractivity contribution in [2.75, 3.05) is 5.32 Å². The molecule has 0 aliphatic rings. The molecule has 27 heavy (non-hydrogen) atoms. The van der Waals surface area contributed by atoms with Crippen molar-refractivity contribution < 1.29 is 23.9 Å². The molecule has 1 atom stereocenters. The largest absolute Gasteiger partial charge is 0.450 e. The van der Waals surface area contributed by atoms with Gasteiger partial charge in [-0.1, -0.05) is 6.92 Å². The fraction of sp³-hybridized carbons (Fsp3) is 0.300. The molecule has 0 saturated heterocycles. The van der Waals surface area contributed by atoms with Crippen molar-refractivity contribution in [3.63, 3.8) is 0 Å². The number of hydrogen-bond acceptors (Lipinski definition) is 5. The molecule has 0 fully saturated rings.